The Morgan fingerprint density at radius 2 is 2.25 bits per heavy atom. The molecule has 0 aliphatic heterocycles. The minimum atomic E-state index is -0.427. The number of rotatable bonds is 1. The lowest BCUT2D eigenvalue weighted by Gasteiger charge is -1.98. The second-order valence-electron chi connectivity index (χ2n) is 3.43. The molecule has 0 amide bonds. The van der Waals surface area contributed by atoms with Gasteiger partial charge in [-0.15, -0.1) is 5.10 Å². The number of carbonyl (C=O) groups excluding carboxylic acids is 1. The third-order valence-corrected chi connectivity index (χ3v) is 2.41. The van der Waals surface area contributed by atoms with E-state index < -0.39 is 6.03 Å². The molecule has 0 saturated carbocycles. The molecule has 7 nitrogen and oxygen atoms in total. The maximum atomic E-state index is 11.9. The summed E-state index contributed by atoms with van der Waals surface area (Å²) in [5, 5.41) is 7.82. The SMILES string of the molecule is CC(C)c1nc(Br)n(C(=O)n2cncn2)n1. The zero-order chi connectivity index (χ0) is 11.7. The maximum Gasteiger partial charge on any atom is 0.373 e. The van der Waals surface area contributed by atoms with Crippen molar-refractivity contribution in [3.63, 3.8) is 0 Å². The molecule has 0 radical (unpaired) electrons. The van der Waals surface area contributed by atoms with Crippen molar-refractivity contribution in [1.82, 2.24) is 29.5 Å². The molecular weight excluding hydrogens is 276 g/mol. The normalized spacial score (nSPS) is 11.0. The van der Waals surface area contributed by atoms with Crippen molar-refractivity contribution in [1.29, 1.82) is 0 Å². The minimum absolute atomic E-state index is 0.154. The highest BCUT2D eigenvalue weighted by Gasteiger charge is 2.17. The molecule has 16 heavy (non-hydrogen) atoms. The molecule has 8 heteroatoms. The van der Waals surface area contributed by atoms with E-state index in [-0.39, 0.29) is 5.92 Å². The smallest absolute Gasteiger partial charge is 0.243 e. The van der Waals surface area contributed by atoms with Gasteiger partial charge in [-0.2, -0.15) is 14.5 Å². The number of halogens is 1. The highest BCUT2D eigenvalue weighted by Crippen LogP contribution is 2.14. The molecule has 0 spiro atoms. The summed E-state index contributed by atoms with van der Waals surface area (Å²) in [4.78, 5) is 19.7. The summed E-state index contributed by atoms with van der Waals surface area (Å²) < 4.78 is 2.59. The lowest BCUT2D eigenvalue weighted by Crippen LogP contribution is -2.21. The predicted octanol–water partition coefficient (Wildman–Crippen LogP) is 1.27. The zero-order valence-electron chi connectivity index (χ0n) is 8.70. The van der Waals surface area contributed by atoms with Crippen molar-refractivity contribution in [2.75, 3.05) is 0 Å². The topological polar surface area (TPSA) is 78.5 Å². The fourth-order valence-corrected chi connectivity index (χ4v) is 1.49. The first-order valence-electron chi connectivity index (χ1n) is 4.61. The van der Waals surface area contributed by atoms with Gasteiger partial charge < -0.3 is 0 Å². The second-order valence-corrected chi connectivity index (χ2v) is 4.14. The number of carbonyl (C=O) groups is 1. The molecule has 2 heterocycles. The van der Waals surface area contributed by atoms with E-state index in [2.05, 4.69) is 36.1 Å². The predicted molar refractivity (Wildman–Crippen MR) is 58.0 cm³/mol. The van der Waals surface area contributed by atoms with Crippen molar-refractivity contribution in [2.24, 2.45) is 0 Å². The summed E-state index contributed by atoms with van der Waals surface area (Å²) in [6.45, 7) is 3.90. The van der Waals surface area contributed by atoms with Crippen LogP contribution in [0.25, 0.3) is 0 Å². The quantitative estimate of drug-likeness (QED) is 0.788. The van der Waals surface area contributed by atoms with Gasteiger partial charge in [0.1, 0.15) is 12.7 Å². The van der Waals surface area contributed by atoms with Gasteiger partial charge >= 0.3 is 6.03 Å². The van der Waals surface area contributed by atoms with Crippen molar-refractivity contribution in [3.8, 4) is 0 Å². The lowest BCUT2D eigenvalue weighted by atomic mass is 10.2. The first-order valence-corrected chi connectivity index (χ1v) is 5.40. The molecule has 0 aliphatic rings. The van der Waals surface area contributed by atoms with Gasteiger partial charge in [-0.3, -0.25) is 0 Å². The van der Waals surface area contributed by atoms with Crippen LogP contribution in [-0.4, -0.2) is 35.6 Å². The van der Waals surface area contributed by atoms with Crippen molar-refractivity contribution < 1.29 is 4.79 Å². The Bertz CT molecular complexity index is 503. The Morgan fingerprint density at radius 1 is 1.50 bits per heavy atom. The van der Waals surface area contributed by atoms with Crippen LogP contribution < -0.4 is 0 Å². The summed E-state index contributed by atoms with van der Waals surface area (Å²) in [5.74, 6) is 0.751. The molecule has 2 aromatic heterocycles. The van der Waals surface area contributed by atoms with Crippen LogP contribution in [-0.2, 0) is 0 Å². The third kappa shape index (κ3) is 1.87. The van der Waals surface area contributed by atoms with Crippen molar-refractivity contribution in [2.45, 2.75) is 19.8 Å². The van der Waals surface area contributed by atoms with Gasteiger partial charge in [-0.05, 0) is 15.9 Å². The van der Waals surface area contributed by atoms with Crippen LogP contribution in [0.2, 0.25) is 0 Å². The van der Waals surface area contributed by atoms with Crippen LogP contribution in [0, 0.1) is 0 Å². The summed E-state index contributed by atoms with van der Waals surface area (Å²) in [7, 11) is 0. The van der Waals surface area contributed by atoms with E-state index in [0.29, 0.717) is 10.6 Å². The molecule has 0 aliphatic carbocycles. The van der Waals surface area contributed by atoms with E-state index in [1.165, 1.54) is 12.7 Å². The third-order valence-electron chi connectivity index (χ3n) is 1.90. The number of hydrogen-bond acceptors (Lipinski definition) is 5. The Hall–Kier alpha value is -1.57. The average Bonchev–Trinajstić information content (AvgIpc) is 2.84. The number of nitrogens with zero attached hydrogens (tertiary/aromatic N) is 6. The molecule has 0 atom stereocenters. The van der Waals surface area contributed by atoms with Crippen LogP contribution in [0.1, 0.15) is 25.6 Å². The molecule has 0 saturated heterocycles. The largest absolute Gasteiger partial charge is 0.373 e. The first kappa shape index (κ1) is 10.9. The Labute approximate surface area is 99.6 Å². The van der Waals surface area contributed by atoms with Gasteiger partial charge in [-0.1, -0.05) is 13.8 Å². The average molecular weight is 285 g/mol. The van der Waals surface area contributed by atoms with Gasteiger partial charge in [0.15, 0.2) is 5.82 Å². The van der Waals surface area contributed by atoms with Crippen LogP contribution in [0.5, 0.6) is 0 Å². The standard InChI is InChI=1S/C8H9BrN6O/c1-5(2)6-12-7(9)15(13-6)8(16)14-4-10-3-11-14/h3-5H,1-2H3. The summed E-state index contributed by atoms with van der Waals surface area (Å²) >= 11 is 3.18. The Morgan fingerprint density at radius 3 is 2.75 bits per heavy atom. The lowest BCUT2D eigenvalue weighted by molar-refractivity contribution is 0.237. The fraction of sp³-hybridized carbons (Fsp3) is 0.375. The molecule has 0 unspecified atom stereocenters. The monoisotopic (exact) mass is 284 g/mol. The summed E-state index contributed by atoms with van der Waals surface area (Å²) in [5.41, 5.74) is 0. The molecule has 0 N–H and O–H groups in total. The summed E-state index contributed by atoms with van der Waals surface area (Å²) in [6.07, 6.45) is 2.59. The molecule has 2 rings (SSSR count). The van der Waals surface area contributed by atoms with Gasteiger partial charge in [0.2, 0.25) is 4.73 Å². The number of hydrogen-bond donors (Lipinski definition) is 0. The van der Waals surface area contributed by atoms with E-state index in [1.54, 1.807) is 0 Å². The highest BCUT2D eigenvalue weighted by molar-refractivity contribution is 9.10. The van der Waals surface area contributed by atoms with Gasteiger partial charge in [-0.25, -0.2) is 14.8 Å². The van der Waals surface area contributed by atoms with E-state index >= 15 is 0 Å². The van der Waals surface area contributed by atoms with Crippen molar-refractivity contribution in [3.05, 3.63) is 23.2 Å². The molecule has 2 aromatic rings. The zero-order valence-corrected chi connectivity index (χ0v) is 10.3. The van der Waals surface area contributed by atoms with E-state index in [4.69, 9.17) is 0 Å². The van der Waals surface area contributed by atoms with Crippen LogP contribution >= 0.6 is 15.9 Å². The van der Waals surface area contributed by atoms with Crippen LogP contribution in [0.3, 0.4) is 0 Å². The summed E-state index contributed by atoms with van der Waals surface area (Å²) in [6, 6.07) is -0.427. The molecule has 0 fully saturated rings. The van der Waals surface area contributed by atoms with Crippen LogP contribution in [0.4, 0.5) is 4.79 Å². The molecule has 84 valence electrons. The Kier molecular flexibility index (Phi) is 2.82. The minimum Gasteiger partial charge on any atom is -0.243 e. The Balaban J connectivity index is 2.37. The number of aromatic nitrogens is 6. The highest BCUT2D eigenvalue weighted by atomic mass is 79.9. The second kappa shape index (κ2) is 4.12. The van der Waals surface area contributed by atoms with E-state index in [9.17, 15) is 4.79 Å². The maximum absolute atomic E-state index is 11.9. The van der Waals surface area contributed by atoms with E-state index in [0.717, 1.165) is 9.36 Å². The van der Waals surface area contributed by atoms with Gasteiger partial charge in [0.25, 0.3) is 0 Å². The van der Waals surface area contributed by atoms with Crippen molar-refractivity contribution >= 4 is 22.0 Å². The molecule has 0 aromatic carbocycles. The molecule has 0 bridgehead atoms. The molecular formula is C8H9BrN6O. The van der Waals surface area contributed by atoms with Crippen LogP contribution in [0.15, 0.2) is 17.4 Å². The van der Waals surface area contributed by atoms with E-state index in [1.807, 2.05) is 13.8 Å². The van der Waals surface area contributed by atoms with Gasteiger partial charge in [0.05, 0.1) is 0 Å². The first-order chi connectivity index (χ1) is 7.59. The fourth-order valence-electron chi connectivity index (χ4n) is 1.08. The van der Waals surface area contributed by atoms with Gasteiger partial charge in [0, 0.05) is 5.92 Å².